The molecule has 4 heteroatoms. The van der Waals surface area contributed by atoms with Crippen molar-refractivity contribution in [3.8, 4) is 0 Å². The number of benzene rings is 2. The van der Waals surface area contributed by atoms with Gasteiger partial charge in [0.05, 0.1) is 0 Å². The van der Waals surface area contributed by atoms with Crippen molar-refractivity contribution in [3.05, 3.63) is 65.4 Å². The van der Waals surface area contributed by atoms with Gasteiger partial charge in [-0.3, -0.25) is 0 Å². The molecule has 0 fully saturated rings. The minimum absolute atomic E-state index is 0.0131. The van der Waals surface area contributed by atoms with Crippen LogP contribution in [0.1, 0.15) is 18.4 Å². The standard InChI is InChI=1S/C19H19N2OSe/c1-3-20-17-11-7-8-12-18(17)23-19(20)13-14-21(15(2)22)16-9-5-4-6-10-16/h4-14H,3H2,1-2H3/q+1. The first kappa shape index (κ1) is 15.7. The number of hydrogen-bond acceptors (Lipinski definition) is 1. The summed E-state index contributed by atoms with van der Waals surface area (Å²) in [5.74, 6) is 0.0131. The Morgan fingerprint density at radius 3 is 2.52 bits per heavy atom. The molecule has 1 aromatic heterocycles. The van der Waals surface area contributed by atoms with Crippen molar-refractivity contribution >= 4 is 42.0 Å². The van der Waals surface area contributed by atoms with Gasteiger partial charge in [-0.25, -0.2) is 0 Å². The molecule has 1 amide bonds. The molecule has 0 radical (unpaired) electrons. The zero-order valence-corrected chi connectivity index (χ0v) is 15.0. The van der Waals surface area contributed by atoms with Crippen molar-refractivity contribution < 1.29 is 9.36 Å². The van der Waals surface area contributed by atoms with E-state index in [1.54, 1.807) is 11.8 Å². The van der Waals surface area contributed by atoms with Gasteiger partial charge in [0.15, 0.2) is 0 Å². The van der Waals surface area contributed by atoms with Crippen LogP contribution in [0.25, 0.3) is 15.9 Å². The van der Waals surface area contributed by atoms with Gasteiger partial charge in [0.25, 0.3) is 0 Å². The number of hydrogen-bond donors (Lipinski definition) is 0. The van der Waals surface area contributed by atoms with E-state index in [1.165, 1.54) is 14.3 Å². The molecule has 1 heterocycles. The second-order valence-electron chi connectivity index (χ2n) is 5.19. The molecule has 3 nitrogen and oxygen atoms in total. The Hall–Kier alpha value is -2.16. The number of carbonyl (C=O) groups excluding carboxylic acids is 1. The number of para-hydroxylation sites is 2. The molecular formula is C19H19N2OSe+. The summed E-state index contributed by atoms with van der Waals surface area (Å²) in [4.78, 5) is 13.7. The molecular weight excluding hydrogens is 351 g/mol. The number of aryl methyl sites for hydroxylation is 1. The van der Waals surface area contributed by atoms with Crippen molar-refractivity contribution in [2.75, 3.05) is 4.90 Å². The van der Waals surface area contributed by atoms with Crippen LogP contribution in [0, 0.1) is 0 Å². The van der Waals surface area contributed by atoms with E-state index in [-0.39, 0.29) is 20.4 Å². The first-order valence-corrected chi connectivity index (χ1v) is 9.36. The van der Waals surface area contributed by atoms with Crippen molar-refractivity contribution in [1.29, 1.82) is 0 Å². The Morgan fingerprint density at radius 2 is 1.83 bits per heavy atom. The van der Waals surface area contributed by atoms with Crippen LogP contribution in [0.15, 0.2) is 60.8 Å². The number of anilines is 1. The van der Waals surface area contributed by atoms with Gasteiger partial charge in [0.2, 0.25) is 0 Å². The molecule has 0 aliphatic rings. The fourth-order valence-electron chi connectivity index (χ4n) is 2.60. The van der Waals surface area contributed by atoms with Crippen LogP contribution in [0.3, 0.4) is 0 Å². The minimum atomic E-state index is 0.0131. The van der Waals surface area contributed by atoms with Crippen molar-refractivity contribution in [1.82, 2.24) is 0 Å². The second kappa shape index (κ2) is 6.95. The molecule has 0 aliphatic carbocycles. The van der Waals surface area contributed by atoms with Gasteiger partial charge in [-0.2, -0.15) is 0 Å². The Kier molecular flexibility index (Phi) is 4.75. The van der Waals surface area contributed by atoms with E-state index < -0.39 is 0 Å². The van der Waals surface area contributed by atoms with Crippen LogP contribution in [-0.2, 0) is 11.3 Å². The van der Waals surface area contributed by atoms with Crippen LogP contribution in [-0.4, -0.2) is 20.4 Å². The first-order chi connectivity index (χ1) is 11.2. The number of carbonyl (C=O) groups is 1. The monoisotopic (exact) mass is 371 g/mol. The van der Waals surface area contributed by atoms with Crippen LogP contribution in [0.4, 0.5) is 5.69 Å². The molecule has 116 valence electrons. The van der Waals surface area contributed by atoms with Crippen molar-refractivity contribution in [2.24, 2.45) is 0 Å². The molecule has 0 unspecified atom stereocenters. The summed E-state index contributed by atoms with van der Waals surface area (Å²) in [5.41, 5.74) is 2.19. The average Bonchev–Trinajstić information content (AvgIpc) is 2.93. The maximum atomic E-state index is 12.0. The predicted molar refractivity (Wildman–Crippen MR) is 95.4 cm³/mol. The van der Waals surface area contributed by atoms with E-state index >= 15 is 0 Å². The molecule has 23 heavy (non-hydrogen) atoms. The van der Waals surface area contributed by atoms with Gasteiger partial charge in [-0.15, -0.1) is 0 Å². The number of fused-ring (bicyclic) bond motifs is 1. The quantitative estimate of drug-likeness (QED) is 0.511. The van der Waals surface area contributed by atoms with Crippen molar-refractivity contribution in [3.63, 3.8) is 0 Å². The zero-order chi connectivity index (χ0) is 16.2. The van der Waals surface area contributed by atoms with Gasteiger partial charge in [-0.05, 0) is 0 Å². The summed E-state index contributed by atoms with van der Waals surface area (Å²) in [6, 6.07) is 18.3. The Bertz CT molecular complexity index is 852. The molecule has 0 spiro atoms. The summed E-state index contributed by atoms with van der Waals surface area (Å²) < 4.78 is 5.01. The van der Waals surface area contributed by atoms with E-state index in [2.05, 4.69) is 41.8 Å². The maximum absolute atomic E-state index is 12.0. The van der Waals surface area contributed by atoms with Crippen LogP contribution < -0.4 is 9.47 Å². The summed E-state index contributed by atoms with van der Waals surface area (Å²) >= 11 is 0.280. The van der Waals surface area contributed by atoms with E-state index in [9.17, 15) is 4.79 Å². The third-order valence-corrected chi connectivity index (χ3v) is 6.07. The zero-order valence-electron chi connectivity index (χ0n) is 13.3. The SMILES string of the molecule is CC[n+]1c(C=CN(C(C)=O)c2ccccc2)[se]c2ccccc21. The Balaban J connectivity index is 1.99. The summed E-state index contributed by atoms with van der Waals surface area (Å²) in [5, 5.41) is 0. The van der Waals surface area contributed by atoms with Gasteiger partial charge < -0.3 is 0 Å². The Labute approximate surface area is 142 Å². The number of aromatic nitrogens is 1. The van der Waals surface area contributed by atoms with Crippen LogP contribution >= 0.6 is 0 Å². The molecule has 0 N–H and O–H groups in total. The van der Waals surface area contributed by atoms with E-state index in [4.69, 9.17) is 0 Å². The molecule has 0 aliphatic heterocycles. The third kappa shape index (κ3) is 3.29. The molecule has 0 saturated heterocycles. The third-order valence-electron chi connectivity index (χ3n) is 3.69. The van der Waals surface area contributed by atoms with E-state index in [1.807, 2.05) is 36.5 Å². The van der Waals surface area contributed by atoms with Gasteiger partial charge in [0.1, 0.15) is 0 Å². The first-order valence-electron chi connectivity index (χ1n) is 7.65. The summed E-state index contributed by atoms with van der Waals surface area (Å²) in [7, 11) is 0. The predicted octanol–water partition coefficient (Wildman–Crippen LogP) is 3.23. The Morgan fingerprint density at radius 1 is 1.13 bits per heavy atom. The topological polar surface area (TPSA) is 24.2 Å². The van der Waals surface area contributed by atoms with Gasteiger partial charge >= 0.3 is 142 Å². The van der Waals surface area contributed by atoms with Gasteiger partial charge in [0, 0.05) is 0 Å². The normalized spacial score (nSPS) is 11.2. The van der Waals surface area contributed by atoms with E-state index in [0.717, 1.165) is 12.2 Å². The second-order valence-corrected chi connectivity index (χ2v) is 7.42. The van der Waals surface area contributed by atoms with Crippen molar-refractivity contribution in [2.45, 2.75) is 20.4 Å². The average molecular weight is 370 g/mol. The molecule has 3 rings (SSSR count). The van der Waals surface area contributed by atoms with Crippen LogP contribution in [0.5, 0.6) is 0 Å². The van der Waals surface area contributed by atoms with Crippen LogP contribution in [0.2, 0.25) is 0 Å². The number of rotatable bonds is 4. The fourth-order valence-corrected chi connectivity index (χ4v) is 4.96. The van der Waals surface area contributed by atoms with Gasteiger partial charge in [-0.1, -0.05) is 0 Å². The molecule has 2 aromatic carbocycles. The summed E-state index contributed by atoms with van der Waals surface area (Å²) in [6.07, 6.45) is 3.97. The summed E-state index contributed by atoms with van der Waals surface area (Å²) in [6.45, 7) is 4.68. The molecule has 0 saturated carbocycles. The number of amides is 1. The number of nitrogens with zero attached hydrogens (tertiary/aromatic N) is 2. The fraction of sp³-hybridized carbons (Fsp3) is 0.158. The van der Waals surface area contributed by atoms with E-state index in [0.29, 0.717) is 0 Å². The molecule has 0 atom stereocenters. The molecule has 0 bridgehead atoms. The molecule has 3 aromatic rings.